The number of carbonyl (C=O) groups excluding carboxylic acids is 1. The number of rotatable bonds is 2. The maximum Gasteiger partial charge on any atom is 0.420 e. The molecule has 0 radical (unpaired) electrons. The Morgan fingerprint density at radius 3 is 2.20 bits per heavy atom. The Morgan fingerprint density at radius 1 is 1.47 bits per heavy atom. The quantitative estimate of drug-likeness (QED) is 0.844. The van der Waals surface area contributed by atoms with Gasteiger partial charge in [0.1, 0.15) is 5.60 Å². The van der Waals surface area contributed by atoms with Crippen LogP contribution in [-0.4, -0.2) is 34.3 Å². The van der Waals surface area contributed by atoms with Crippen LogP contribution >= 0.6 is 15.9 Å². The molecule has 0 aliphatic carbocycles. The number of hydrogen-bond donors (Lipinski definition) is 1. The Balaban J connectivity index is 4.57. The number of nitrogens with zero attached hydrogens (tertiary/aromatic N) is 1. The second-order valence-corrected chi connectivity index (χ2v) is 4.99. The summed E-state index contributed by atoms with van der Waals surface area (Å²) in [5.41, 5.74) is -0.724. The van der Waals surface area contributed by atoms with Gasteiger partial charge in [-0.2, -0.15) is 0 Å². The average molecular weight is 280 g/mol. The Labute approximate surface area is 96.8 Å². The highest BCUT2D eigenvalue weighted by molar-refractivity contribution is 9.11. The van der Waals surface area contributed by atoms with E-state index in [2.05, 4.69) is 22.5 Å². The summed E-state index contributed by atoms with van der Waals surface area (Å²) >= 11 is 2.98. The van der Waals surface area contributed by atoms with E-state index in [-0.39, 0.29) is 6.54 Å². The van der Waals surface area contributed by atoms with Gasteiger partial charge in [0.25, 0.3) is 0 Å². The lowest BCUT2D eigenvalue weighted by molar-refractivity contribution is 0.0289. The highest BCUT2D eigenvalue weighted by atomic mass is 79.9. The molecule has 0 aromatic rings. The van der Waals surface area contributed by atoms with Crippen LogP contribution in [0.15, 0.2) is 11.1 Å². The molecule has 0 spiro atoms. The van der Waals surface area contributed by atoms with Gasteiger partial charge in [-0.05, 0) is 20.8 Å². The fourth-order valence-corrected chi connectivity index (χ4v) is 0.950. The lowest BCUT2D eigenvalue weighted by Crippen LogP contribution is -2.40. The second-order valence-electron chi connectivity index (χ2n) is 3.87. The van der Waals surface area contributed by atoms with E-state index in [1.165, 1.54) is 0 Å². The number of ether oxygens (including phenoxy) is 1. The number of halogens is 1. The molecule has 86 valence electrons. The fourth-order valence-electron chi connectivity index (χ4n) is 0.699. The normalized spacial score (nSPS) is 10.7. The van der Waals surface area contributed by atoms with Crippen LogP contribution in [0.3, 0.4) is 0 Å². The zero-order chi connectivity index (χ0) is 12.2. The van der Waals surface area contributed by atoms with Crippen molar-refractivity contribution < 1.29 is 19.4 Å². The van der Waals surface area contributed by atoms with Gasteiger partial charge in [-0.15, -0.1) is 0 Å². The van der Waals surface area contributed by atoms with Gasteiger partial charge in [-0.25, -0.2) is 14.5 Å². The third-order valence-electron chi connectivity index (χ3n) is 1.17. The van der Waals surface area contributed by atoms with Crippen molar-refractivity contribution in [3.8, 4) is 0 Å². The lowest BCUT2D eigenvalue weighted by Gasteiger charge is -2.24. The summed E-state index contributed by atoms with van der Waals surface area (Å²) in [7, 11) is 0. The minimum absolute atomic E-state index is 0.135. The van der Waals surface area contributed by atoms with Crippen molar-refractivity contribution in [2.24, 2.45) is 0 Å². The van der Waals surface area contributed by atoms with E-state index in [4.69, 9.17) is 9.84 Å². The Bertz CT molecular complexity index is 282. The van der Waals surface area contributed by atoms with Gasteiger partial charge in [-0.3, -0.25) is 0 Å². The molecule has 6 heteroatoms. The number of imide groups is 1. The Hall–Kier alpha value is -1.04. The van der Waals surface area contributed by atoms with Gasteiger partial charge in [0.2, 0.25) is 0 Å². The standard InChI is InChI=1S/C9H14BrNO4/c1-6(10)5-11(7(12)13)8(14)15-9(2,3)4/h1,5H2,2-4H3,(H,12,13). The molecule has 0 aliphatic heterocycles. The number of carboxylic acid groups (broad SMARTS) is 1. The number of amides is 2. The van der Waals surface area contributed by atoms with Crippen molar-refractivity contribution in [2.75, 3.05) is 6.54 Å². The monoisotopic (exact) mass is 279 g/mol. The first kappa shape index (κ1) is 14.0. The first-order valence-electron chi connectivity index (χ1n) is 4.20. The molecule has 0 fully saturated rings. The van der Waals surface area contributed by atoms with E-state index in [1.807, 2.05) is 0 Å². The third-order valence-corrected chi connectivity index (χ3v) is 1.43. The summed E-state index contributed by atoms with van der Waals surface area (Å²) in [6.07, 6.45) is -2.28. The summed E-state index contributed by atoms with van der Waals surface area (Å²) in [6.45, 7) is 8.31. The summed E-state index contributed by atoms with van der Waals surface area (Å²) in [4.78, 5) is 22.7. The van der Waals surface area contributed by atoms with Crippen molar-refractivity contribution in [1.82, 2.24) is 4.90 Å². The highest BCUT2D eigenvalue weighted by Gasteiger charge is 2.26. The minimum Gasteiger partial charge on any atom is -0.465 e. The first-order valence-corrected chi connectivity index (χ1v) is 4.99. The summed E-state index contributed by atoms with van der Waals surface area (Å²) in [5.74, 6) is 0. The zero-order valence-corrected chi connectivity index (χ0v) is 10.5. The van der Waals surface area contributed by atoms with Gasteiger partial charge in [-0.1, -0.05) is 22.5 Å². The zero-order valence-electron chi connectivity index (χ0n) is 8.91. The van der Waals surface area contributed by atoms with Crippen molar-refractivity contribution >= 4 is 28.1 Å². The predicted molar refractivity (Wildman–Crippen MR) is 59.0 cm³/mol. The summed E-state index contributed by atoms with van der Waals surface area (Å²) < 4.78 is 5.29. The number of carbonyl (C=O) groups is 2. The van der Waals surface area contributed by atoms with Crippen LogP contribution in [0.2, 0.25) is 0 Å². The molecule has 0 bridgehead atoms. The summed E-state index contributed by atoms with van der Waals surface area (Å²) in [5, 5.41) is 8.75. The van der Waals surface area contributed by atoms with Crippen LogP contribution in [0, 0.1) is 0 Å². The van der Waals surface area contributed by atoms with Gasteiger partial charge in [0, 0.05) is 4.48 Å². The highest BCUT2D eigenvalue weighted by Crippen LogP contribution is 2.12. The molecule has 0 heterocycles. The minimum atomic E-state index is -1.37. The van der Waals surface area contributed by atoms with Crippen LogP contribution in [0.1, 0.15) is 20.8 Å². The van der Waals surface area contributed by atoms with Crippen molar-refractivity contribution in [3.63, 3.8) is 0 Å². The van der Waals surface area contributed by atoms with E-state index >= 15 is 0 Å². The first-order chi connectivity index (χ1) is 6.63. The molecule has 0 rings (SSSR count). The van der Waals surface area contributed by atoms with Crippen LogP contribution in [0.5, 0.6) is 0 Å². The molecule has 1 N–H and O–H groups in total. The molecular weight excluding hydrogens is 266 g/mol. The maximum atomic E-state index is 11.4. The van der Waals surface area contributed by atoms with Crippen molar-refractivity contribution in [3.05, 3.63) is 11.1 Å². The third kappa shape index (κ3) is 6.11. The molecule has 0 unspecified atom stereocenters. The van der Waals surface area contributed by atoms with Gasteiger partial charge >= 0.3 is 12.2 Å². The van der Waals surface area contributed by atoms with Crippen LogP contribution in [-0.2, 0) is 4.74 Å². The Kier molecular flexibility index (Phi) is 4.80. The molecule has 0 aliphatic rings. The molecule has 0 aromatic heterocycles. The lowest BCUT2D eigenvalue weighted by atomic mass is 10.2. The molecule has 0 atom stereocenters. The molecule has 5 nitrogen and oxygen atoms in total. The average Bonchev–Trinajstić information content (AvgIpc) is 1.95. The largest absolute Gasteiger partial charge is 0.465 e. The molecule has 15 heavy (non-hydrogen) atoms. The molecular formula is C9H14BrNO4. The number of hydrogen-bond acceptors (Lipinski definition) is 3. The van der Waals surface area contributed by atoms with Crippen LogP contribution in [0.4, 0.5) is 9.59 Å². The van der Waals surface area contributed by atoms with Crippen molar-refractivity contribution in [1.29, 1.82) is 0 Å². The smallest absolute Gasteiger partial charge is 0.420 e. The van der Waals surface area contributed by atoms with Crippen LogP contribution < -0.4 is 0 Å². The topological polar surface area (TPSA) is 66.8 Å². The molecule has 2 amide bonds. The summed E-state index contributed by atoms with van der Waals surface area (Å²) in [6, 6.07) is 0. The SMILES string of the molecule is C=C(Br)CN(C(=O)O)C(=O)OC(C)(C)C. The van der Waals surface area contributed by atoms with Gasteiger partial charge in [0.15, 0.2) is 0 Å². The maximum absolute atomic E-state index is 11.4. The van der Waals surface area contributed by atoms with Gasteiger partial charge in [0.05, 0.1) is 6.54 Å². The van der Waals surface area contributed by atoms with Crippen LogP contribution in [0.25, 0.3) is 0 Å². The molecule has 0 saturated heterocycles. The van der Waals surface area contributed by atoms with Crippen molar-refractivity contribution in [2.45, 2.75) is 26.4 Å². The predicted octanol–water partition coefficient (Wildman–Crippen LogP) is 2.81. The Morgan fingerprint density at radius 2 is 1.93 bits per heavy atom. The van der Waals surface area contributed by atoms with E-state index in [0.717, 1.165) is 0 Å². The molecule has 0 saturated carbocycles. The van der Waals surface area contributed by atoms with E-state index < -0.39 is 17.8 Å². The van der Waals surface area contributed by atoms with Gasteiger partial charge < -0.3 is 9.84 Å². The fraction of sp³-hybridized carbons (Fsp3) is 0.556. The second kappa shape index (κ2) is 5.16. The van der Waals surface area contributed by atoms with E-state index in [1.54, 1.807) is 20.8 Å². The van der Waals surface area contributed by atoms with E-state index in [9.17, 15) is 9.59 Å². The van der Waals surface area contributed by atoms with E-state index in [0.29, 0.717) is 9.38 Å². The molecule has 0 aromatic carbocycles.